The minimum absolute atomic E-state index is 0.0651. The summed E-state index contributed by atoms with van der Waals surface area (Å²) in [7, 11) is -1.81. The summed E-state index contributed by atoms with van der Waals surface area (Å²) in [6.45, 7) is 0.782. The number of piperidine rings is 1. The van der Waals surface area contributed by atoms with Gasteiger partial charge in [-0.2, -0.15) is 5.26 Å². The van der Waals surface area contributed by atoms with Crippen molar-refractivity contribution >= 4 is 38.8 Å². The third-order valence-electron chi connectivity index (χ3n) is 5.57. The van der Waals surface area contributed by atoms with Crippen LogP contribution in [0.25, 0.3) is 11.1 Å². The number of rotatable bonds is 2. The van der Waals surface area contributed by atoms with Crippen LogP contribution in [-0.4, -0.2) is 44.7 Å². The third kappa shape index (κ3) is 3.27. The lowest BCUT2D eigenvalue weighted by Gasteiger charge is -2.36. The molecule has 1 fully saturated rings. The first-order chi connectivity index (χ1) is 13.7. The number of benzene rings is 1. The van der Waals surface area contributed by atoms with Crippen molar-refractivity contribution in [3.8, 4) is 17.2 Å². The van der Waals surface area contributed by atoms with Crippen LogP contribution in [-0.2, 0) is 15.8 Å². The van der Waals surface area contributed by atoms with Gasteiger partial charge in [0.1, 0.15) is 10.8 Å². The quantitative estimate of drug-likeness (QED) is 0.741. The molecular weight excluding hydrogens is 414 g/mol. The maximum absolute atomic E-state index is 12.2. The van der Waals surface area contributed by atoms with Crippen molar-refractivity contribution in [2.45, 2.75) is 18.3 Å². The molecule has 152 valence electrons. The van der Waals surface area contributed by atoms with Gasteiger partial charge >= 0.3 is 0 Å². The molecule has 0 amide bonds. The predicted octanol–water partition coefficient (Wildman–Crippen LogP) is 1.97. The molecular formula is C19H20ClN5O3S. The molecule has 2 aliphatic heterocycles. The summed E-state index contributed by atoms with van der Waals surface area (Å²) in [6.07, 6.45) is 1.31. The summed E-state index contributed by atoms with van der Waals surface area (Å²) in [6, 6.07) is 7.54. The van der Waals surface area contributed by atoms with Crippen LogP contribution in [0, 0.1) is 17.2 Å². The fraction of sp³-hybridized carbons (Fsp3) is 0.368. The number of β-amino-alcohol motifs (C(OH)–C–C–N with tert-alkyl or cyclic N) is 1. The molecule has 0 radical (unpaired) electrons. The fourth-order valence-corrected chi connectivity index (χ4v) is 5.48. The van der Waals surface area contributed by atoms with Gasteiger partial charge in [0.05, 0.1) is 35.2 Å². The molecule has 2 aromatic rings. The summed E-state index contributed by atoms with van der Waals surface area (Å²) >= 11 is 6.51. The smallest absolute Gasteiger partial charge is 0.239 e. The molecule has 2 atom stereocenters. The normalized spacial score (nSPS) is 23.0. The Morgan fingerprint density at radius 1 is 1.41 bits per heavy atom. The van der Waals surface area contributed by atoms with Crippen molar-refractivity contribution in [3.63, 3.8) is 0 Å². The second kappa shape index (κ2) is 7.06. The summed E-state index contributed by atoms with van der Waals surface area (Å²) < 4.78 is 25.7. The fourth-order valence-electron chi connectivity index (χ4n) is 3.92. The van der Waals surface area contributed by atoms with E-state index in [0.29, 0.717) is 35.5 Å². The summed E-state index contributed by atoms with van der Waals surface area (Å²) in [4.78, 5) is 6.08. The van der Waals surface area contributed by atoms with E-state index in [2.05, 4.69) is 11.1 Å². The van der Waals surface area contributed by atoms with Gasteiger partial charge in [-0.15, -0.1) is 0 Å². The van der Waals surface area contributed by atoms with Gasteiger partial charge in [-0.1, -0.05) is 17.7 Å². The number of fused-ring (bicyclic) bond motifs is 1. The van der Waals surface area contributed by atoms with E-state index < -0.39 is 22.0 Å². The number of nitrogen functional groups attached to an aromatic ring is 1. The Kier molecular flexibility index (Phi) is 4.81. The van der Waals surface area contributed by atoms with Crippen LogP contribution >= 0.6 is 11.6 Å². The minimum atomic E-state index is -3.35. The van der Waals surface area contributed by atoms with Crippen LogP contribution in [0.5, 0.6) is 0 Å². The number of nitrogens with two attached hydrogens (primary N) is 1. The Bertz CT molecular complexity index is 1130. The number of hydrogen-bond donors (Lipinski definition) is 2. The molecule has 4 rings (SSSR count). The van der Waals surface area contributed by atoms with Crippen molar-refractivity contribution in [1.82, 2.24) is 4.98 Å². The third-order valence-corrected chi connectivity index (χ3v) is 7.65. The number of hydrogen-bond acceptors (Lipinski definition) is 7. The van der Waals surface area contributed by atoms with Gasteiger partial charge in [0.15, 0.2) is 0 Å². The van der Waals surface area contributed by atoms with Gasteiger partial charge in [-0.3, -0.25) is 4.31 Å². The second-order valence-electron chi connectivity index (χ2n) is 7.32. The highest BCUT2D eigenvalue weighted by molar-refractivity contribution is 7.92. The van der Waals surface area contributed by atoms with E-state index in [0.717, 1.165) is 5.56 Å². The summed E-state index contributed by atoms with van der Waals surface area (Å²) in [5, 5.41) is 19.7. The maximum Gasteiger partial charge on any atom is 0.239 e. The number of aliphatic hydroxyl groups is 1. The zero-order chi connectivity index (χ0) is 20.9. The van der Waals surface area contributed by atoms with Crippen molar-refractivity contribution in [2.24, 2.45) is 5.92 Å². The number of pyridine rings is 1. The van der Waals surface area contributed by atoms with Gasteiger partial charge in [0.25, 0.3) is 0 Å². The van der Waals surface area contributed by atoms with E-state index in [9.17, 15) is 13.5 Å². The van der Waals surface area contributed by atoms with Crippen molar-refractivity contribution in [2.75, 3.05) is 35.1 Å². The highest BCUT2D eigenvalue weighted by Gasteiger charge is 2.32. The van der Waals surface area contributed by atoms with E-state index >= 15 is 0 Å². The lowest BCUT2D eigenvalue weighted by molar-refractivity contribution is 0.120. The number of aromatic nitrogens is 1. The predicted molar refractivity (Wildman–Crippen MR) is 112 cm³/mol. The largest absolute Gasteiger partial charge is 0.390 e. The summed E-state index contributed by atoms with van der Waals surface area (Å²) in [5.41, 5.74) is 9.37. The first-order valence-electron chi connectivity index (χ1n) is 9.09. The van der Waals surface area contributed by atoms with Crippen molar-refractivity contribution < 1.29 is 13.5 Å². The minimum Gasteiger partial charge on any atom is -0.390 e. The van der Waals surface area contributed by atoms with Crippen LogP contribution in [0.2, 0.25) is 5.02 Å². The molecule has 2 aliphatic rings. The van der Waals surface area contributed by atoms with E-state index in [4.69, 9.17) is 22.6 Å². The first kappa shape index (κ1) is 19.8. The number of aliphatic hydroxyl groups excluding tert-OH is 1. The zero-order valence-corrected chi connectivity index (χ0v) is 17.3. The van der Waals surface area contributed by atoms with Crippen molar-refractivity contribution in [3.05, 3.63) is 35.0 Å². The Hall–Kier alpha value is -2.54. The van der Waals surface area contributed by atoms with Crippen LogP contribution in [0.4, 0.5) is 17.2 Å². The Balaban J connectivity index is 1.79. The molecule has 0 bridgehead atoms. The van der Waals surface area contributed by atoms with Gasteiger partial charge in [-0.25, -0.2) is 13.4 Å². The lowest BCUT2D eigenvalue weighted by atomic mass is 9.94. The molecule has 10 heteroatoms. The van der Waals surface area contributed by atoms with E-state index in [1.54, 1.807) is 12.3 Å². The van der Waals surface area contributed by atoms with Crippen LogP contribution < -0.4 is 14.9 Å². The zero-order valence-electron chi connectivity index (χ0n) is 15.7. The number of nitrogens with zero attached hydrogens (tertiary/aromatic N) is 4. The molecule has 8 nitrogen and oxygen atoms in total. The first-order valence-corrected chi connectivity index (χ1v) is 11.1. The molecule has 3 heterocycles. The Morgan fingerprint density at radius 3 is 2.86 bits per heavy atom. The second-order valence-corrected chi connectivity index (χ2v) is 9.70. The topological polar surface area (TPSA) is 124 Å². The van der Waals surface area contributed by atoms with Crippen LogP contribution in [0.1, 0.15) is 12.0 Å². The molecule has 3 N–H and O–H groups in total. The lowest BCUT2D eigenvalue weighted by Crippen LogP contribution is -2.43. The molecule has 0 saturated carbocycles. The highest BCUT2D eigenvalue weighted by Crippen LogP contribution is 2.43. The molecule has 0 spiro atoms. The standard InChI is InChI=1S/C19H20ClN5O3S/c1-24-15-3-2-11(6-13(15)10-29(24,27)28)14-8-23-19(22)17(20)18(14)25-5-4-12(7-21)16(26)9-25/h2-3,6,8,12,16,26H,4-5,9-10H2,1H3,(H2,22,23)/t12?,16-/m1/s1. The molecule has 1 aromatic carbocycles. The van der Waals surface area contributed by atoms with E-state index in [1.165, 1.54) is 11.4 Å². The molecule has 1 unspecified atom stereocenters. The van der Waals surface area contributed by atoms with Gasteiger partial charge < -0.3 is 15.7 Å². The van der Waals surface area contributed by atoms with Crippen LogP contribution in [0.15, 0.2) is 24.4 Å². The average molecular weight is 434 g/mol. The monoisotopic (exact) mass is 433 g/mol. The Morgan fingerprint density at radius 2 is 2.17 bits per heavy atom. The highest BCUT2D eigenvalue weighted by atomic mass is 35.5. The van der Waals surface area contributed by atoms with Gasteiger partial charge in [0.2, 0.25) is 10.0 Å². The average Bonchev–Trinajstić information content (AvgIpc) is 2.91. The van der Waals surface area contributed by atoms with Gasteiger partial charge in [0, 0.05) is 31.9 Å². The Labute approximate surface area is 174 Å². The molecule has 1 saturated heterocycles. The maximum atomic E-state index is 12.2. The molecule has 29 heavy (non-hydrogen) atoms. The van der Waals surface area contributed by atoms with Gasteiger partial charge in [-0.05, 0) is 29.7 Å². The van der Waals surface area contributed by atoms with E-state index in [1.807, 2.05) is 17.0 Å². The van der Waals surface area contributed by atoms with Crippen molar-refractivity contribution in [1.29, 1.82) is 5.26 Å². The number of sulfonamides is 1. The number of nitriles is 1. The summed E-state index contributed by atoms with van der Waals surface area (Å²) in [5.74, 6) is -0.316. The molecule has 0 aliphatic carbocycles. The number of anilines is 3. The SMILES string of the molecule is CN1c2ccc(-c3cnc(N)c(Cl)c3N3CCC(C#N)[C@H](O)C3)cc2CS1(=O)=O. The van der Waals surface area contributed by atoms with E-state index in [-0.39, 0.29) is 23.1 Å². The van der Waals surface area contributed by atoms with Crippen LogP contribution in [0.3, 0.4) is 0 Å². The number of halogens is 1. The molecule has 1 aromatic heterocycles.